The third kappa shape index (κ3) is 4.04. The number of methoxy groups -OCH3 is 1. The van der Waals surface area contributed by atoms with Gasteiger partial charge in [-0.3, -0.25) is 4.79 Å². The summed E-state index contributed by atoms with van der Waals surface area (Å²) in [5.41, 5.74) is 2.98. The Hall–Kier alpha value is -2.87. The Balaban J connectivity index is 1.39. The van der Waals surface area contributed by atoms with Gasteiger partial charge in [-0.15, -0.1) is 0 Å². The Bertz CT molecular complexity index is 973. The molecule has 164 valence electrons. The molecule has 3 aliphatic heterocycles. The van der Waals surface area contributed by atoms with Crippen molar-refractivity contribution in [1.82, 2.24) is 14.9 Å². The van der Waals surface area contributed by atoms with Gasteiger partial charge in [0.15, 0.2) is 5.82 Å². The normalized spacial score (nSPS) is 21.4. The quantitative estimate of drug-likeness (QED) is 0.809. The van der Waals surface area contributed by atoms with Crippen LogP contribution in [-0.2, 0) is 11.2 Å². The molecule has 2 aromatic rings. The SMILES string of the molecule is COc1cc(N2CCN(C)CC2)ccc1Cc1ncc2c(n1)N1CCC[C@H]1CC(=O)N2. The molecule has 2 fully saturated rings. The Morgan fingerprint density at radius 3 is 2.84 bits per heavy atom. The molecule has 1 amide bonds. The molecule has 0 saturated carbocycles. The van der Waals surface area contributed by atoms with E-state index in [1.54, 1.807) is 13.3 Å². The second-order valence-corrected chi connectivity index (χ2v) is 8.73. The van der Waals surface area contributed by atoms with Crippen LogP contribution in [0.2, 0.25) is 0 Å². The maximum Gasteiger partial charge on any atom is 0.226 e. The molecule has 5 rings (SSSR count). The van der Waals surface area contributed by atoms with Crippen molar-refractivity contribution < 1.29 is 9.53 Å². The molecular formula is C23H30N6O2. The second-order valence-electron chi connectivity index (χ2n) is 8.73. The van der Waals surface area contributed by atoms with Crippen LogP contribution in [0.1, 0.15) is 30.7 Å². The van der Waals surface area contributed by atoms with Gasteiger partial charge in [0.1, 0.15) is 17.3 Å². The summed E-state index contributed by atoms with van der Waals surface area (Å²) in [6.45, 7) is 5.12. The zero-order chi connectivity index (χ0) is 21.4. The average Bonchev–Trinajstić information content (AvgIpc) is 3.18. The molecular weight excluding hydrogens is 392 g/mol. The molecule has 1 aromatic carbocycles. The zero-order valence-corrected chi connectivity index (χ0v) is 18.3. The van der Waals surface area contributed by atoms with Gasteiger partial charge in [0, 0.05) is 68.9 Å². The predicted molar refractivity (Wildman–Crippen MR) is 121 cm³/mol. The van der Waals surface area contributed by atoms with Crippen LogP contribution >= 0.6 is 0 Å². The number of likely N-dealkylation sites (N-methyl/N-ethyl adjacent to an activating group) is 1. The fourth-order valence-corrected chi connectivity index (χ4v) is 4.85. The van der Waals surface area contributed by atoms with E-state index in [4.69, 9.17) is 9.72 Å². The highest BCUT2D eigenvalue weighted by atomic mass is 16.5. The summed E-state index contributed by atoms with van der Waals surface area (Å²) in [5.74, 6) is 2.51. The Morgan fingerprint density at radius 1 is 1.19 bits per heavy atom. The lowest BCUT2D eigenvalue weighted by Crippen LogP contribution is -2.44. The molecule has 8 heteroatoms. The Labute approximate surface area is 183 Å². The lowest BCUT2D eigenvalue weighted by atomic mass is 10.1. The molecule has 1 aromatic heterocycles. The number of carbonyl (C=O) groups excluding carboxylic acids is 1. The summed E-state index contributed by atoms with van der Waals surface area (Å²) in [7, 11) is 3.88. The van der Waals surface area contributed by atoms with Gasteiger partial charge >= 0.3 is 0 Å². The van der Waals surface area contributed by atoms with Gasteiger partial charge in [0.05, 0.1) is 13.3 Å². The molecule has 0 aliphatic carbocycles. The van der Waals surface area contributed by atoms with Crippen LogP contribution in [0.4, 0.5) is 17.2 Å². The number of anilines is 3. The van der Waals surface area contributed by atoms with Crippen molar-refractivity contribution in [1.29, 1.82) is 0 Å². The van der Waals surface area contributed by atoms with Crippen LogP contribution in [0.3, 0.4) is 0 Å². The standard InChI is InChI=1S/C23H30N6O2/c1-27-8-10-28(11-9-27)17-6-5-16(20(13-17)31-2)12-21-24-15-19-23(26-21)29-7-3-4-18(29)14-22(30)25-19/h5-6,13,15,18H,3-4,7-12,14H2,1-2H3,(H,25,30)/t18-/m0/s1. The van der Waals surface area contributed by atoms with Crippen LogP contribution < -0.4 is 19.9 Å². The first kappa shape index (κ1) is 20.1. The molecule has 0 bridgehead atoms. The van der Waals surface area contributed by atoms with Crippen LogP contribution in [0, 0.1) is 0 Å². The minimum Gasteiger partial charge on any atom is -0.496 e. The summed E-state index contributed by atoms with van der Waals surface area (Å²) < 4.78 is 5.73. The van der Waals surface area contributed by atoms with E-state index >= 15 is 0 Å². The van der Waals surface area contributed by atoms with Crippen molar-refractivity contribution in [3.63, 3.8) is 0 Å². The van der Waals surface area contributed by atoms with E-state index in [2.05, 4.69) is 50.2 Å². The number of hydrogen-bond donors (Lipinski definition) is 1. The zero-order valence-electron chi connectivity index (χ0n) is 18.3. The first-order valence-corrected chi connectivity index (χ1v) is 11.1. The summed E-state index contributed by atoms with van der Waals surface area (Å²) >= 11 is 0. The molecule has 3 aliphatic rings. The average molecular weight is 423 g/mol. The van der Waals surface area contributed by atoms with Gasteiger partial charge in [-0.1, -0.05) is 6.07 Å². The minimum atomic E-state index is 0.0492. The van der Waals surface area contributed by atoms with Crippen molar-refractivity contribution in [2.75, 3.05) is 62.0 Å². The van der Waals surface area contributed by atoms with Gasteiger partial charge in [-0.05, 0) is 26.0 Å². The van der Waals surface area contributed by atoms with Crippen molar-refractivity contribution in [2.24, 2.45) is 0 Å². The monoisotopic (exact) mass is 422 g/mol. The number of amides is 1. The molecule has 0 spiro atoms. The fraction of sp³-hybridized carbons (Fsp3) is 0.522. The minimum absolute atomic E-state index is 0.0492. The number of ether oxygens (including phenoxy) is 1. The first-order chi connectivity index (χ1) is 15.1. The molecule has 0 unspecified atom stereocenters. The number of rotatable bonds is 4. The highest BCUT2D eigenvalue weighted by Crippen LogP contribution is 2.35. The smallest absolute Gasteiger partial charge is 0.226 e. The summed E-state index contributed by atoms with van der Waals surface area (Å²) in [5, 5.41) is 2.97. The number of hydrogen-bond acceptors (Lipinski definition) is 7. The van der Waals surface area contributed by atoms with Crippen LogP contribution in [0.25, 0.3) is 0 Å². The van der Waals surface area contributed by atoms with E-state index in [1.807, 2.05) is 0 Å². The predicted octanol–water partition coefficient (Wildman–Crippen LogP) is 2.14. The molecule has 1 atom stereocenters. The fourth-order valence-electron chi connectivity index (χ4n) is 4.85. The van der Waals surface area contributed by atoms with Gasteiger partial charge < -0.3 is 24.8 Å². The molecule has 4 heterocycles. The number of benzene rings is 1. The molecule has 1 N–H and O–H groups in total. The van der Waals surface area contributed by atoms with Crippen molar-refractivity contribution >= 4 is 23.1 Å². The van der Waals surface area contributed by atoms with Gasteiger partial charge in [-0.2, -0.15) is 0 Å². The number of nitrogens with one attached hydrogen (secondary N) is 1. The molecule has 8 nitrogen and oxygen atoms in total. The van der Waals surface area contributed by atoms with E-state index in [-0.39, 0.29) is 11.9 Å². The summed E-state index contributed by atoms with van der Waals surface area (Å²) in [6.07, 6.45) is 4.99. The second kappa shape index (κ2) is 8.34. The Kier molecular flexibility index (Phi) is 5.40. The maximum absolute atomic E-state index is 12.2. The topological polar surface area (TPSA) is 73.8 Å². The molecule has 0 radical (unpaired) electrons. The Morgan fingerprint density at radius 2 is 2.03 bits per heavy atom. The van der Waals surface area contributed by atoms with Crippen LogP contribution in [-0.4, -0.2) is 73.7 Å². The van der Waals surface area contributed by atoms with Crippen LogP contribution in [0.5, 0.6) is 5.75 Å². The van der Waals surface area contributed by atoms with E-state index in [0.717, 1.165) is 74.2 Å². The highest BCUT2D eigenvalue weighted by Gasteiger charge is 2.33. The lowest BCUT2D eigenvalue weighted by Gasteiger charge is -2.34. The maximum atomic E-state index is 12.2. The number of carbonyl (C=O) groups is 1. The number of aromatic nitrogens is 2. The number of fused-ring (bicyclic) bond motifs is 3. The van der Waals surface area contributed by atoms with Gasteiger partial charge in [-0.25, -0.2) is 9.97 Å². The van der Waals surface area contributed by atoms with Crippen molar-refractivity contribution in [2.45, 2.75) is 31.7 Å². The largest absolute Gasteiger partial charge is 0.496 e. The molecule has 31 heavy (non-hydrogen) atoms. The number of nitrogens with zero attached hydrogens (tertiary/aromatic N) is 5. The van der Waals surface area contributed by atoms with Gasteiger partial charge in [0.25, 0.3) is 0 Å². The van der Waals surface area contributed by atoms with Gasteiger partial charge in [0.2, 0.25) is 5.91 Å². The summed E-state index contributed by atoms with van der Waals surface area (Å²) in [6, 6.07) is 6.66. The summed E-state index contributed by atoms with van der Waals surface area (Å²) in [4.78, 5) is 28.7. The highest BCUT2D eigenvalue weighted by molar-refractivity contribution is 5.95. The third-order valence-corrected chi connectivity index (χ3v) is 6.65. The number of piperazine rings is 1. The van der Waals surface area contributed by atoms with E-state index in [1.165, 1.54) is 5.69 Å². The first-order valence-electron chi connectivity index (χ1n) is 11.1. The van der Waals surface area contributed by atoms with E-state index in [0.29, 0.717) is 12.8 Å². The van der Waals surface area contributed by atoms with Crippen molar-refractivity contribution in [3.05, 3.63) is 35.8 Å². The molecule has 2 saturated heterocycles. The third-order valence-electron chi connectivity index (χ3n) is 6.65. The van der Waals surface area contributed by atoms with Crippen LogP contribution in [0.15, 0.2) is 24.4 Å². The van der Waals surface area contributed by atoms with E-state index in [9.17, 15) is 4.79 Å². The lowest BCUT2D eigenvalue weighted by molar-refractivity contribution is -0.116. The van der Waals surface area contributed by atoms with E-state index < -0.39 is 0 Å². The van der Waals surface area contributed by atoms with Crippen molar-refractivity contribution in [3.8, 4) is 5.75 Å².